The summed E-state index contributed by atoms with van der Waals surface area (Å²) in [6.07, 6.45) is 4.75. The van der Waals surface area contributed by atoms with Crippen molar-refractivity contribution in [3.63, 3.8) is 0 Å². The molecule has 0 aliphatic carbocycles. The van der Waals surface area contributed by atoms with Crippen molar-refractivity contribution in [2.75, 3.05) is 0 Å². The number of tetrazole rings is 1. The van der Waals surface area contributed by atoms with Crippen LogP contribution in [0.1, 0.15) is 31.2 Å². The van der Waals surface area contributed by atoms with Gasteiger partial charge >= 0.3 is 0 Å². The van der Waals surface area contributed by atoms with Gasteiger partial charge in [-0.25, -0.2) is 4.98 Å². The van der Waals surface area contributed by atoms with Gasteiger partial charge in [0.15, 0.2) is 0 Å². The van der Waals surface area contributed by atoms with Crippen molar-refractivity contribution >= 4 is 11.0 Å². The first-order chi connectivity index (χ1) is 16.2. The van der Waals surface area contributed by atoms with Crippen LogP contribution in [0.25, 0.3) is 33.5 Å². The molecule has 1 N–H and O–H groups in total. The Bertz CT molecular complexity index is 1450. The standard InChI is InChI=1S/C25H25N7O/c1-3-4-9-22-26-21-14-15-31(2)25(33)23(21)32(22)16-17-10-12-18(13-11-17)19-7-5-6-8-20(19)24-27-29-30-28-24/h5-8,10-15H,3-4,9,16H2,1-2H3,(H,27,28,29,30). The van der Waals surface area contributed by atoms with E-state index in [1.165, 1.54) is 0 Å². The Morgan fingerprint density at radius 2 is 1.79 bits per heavy atom. The highest BCUT2D eigenvalue weighted by Crippen LogP contribution is 2.30. The number of aromatic amines is 1. The predicted molar refractivity (Wildman–Crippen MR) is 128 cm³/mol. The summed E-state index contributed by atoms with van der Waals surface area (Å²) in [7, 11) is 1.78. The van der Waals surface area contributed by atoms with E-state index in [2.05, 4.69) is 62.4 Å². The third kappa shape index (κ3) is 3.95. The van der Waals surface area contributed by atoms with Crippen molar-refractivity contribution < 1.29 is 0 Å². The molecule has 2 aromatic carbocycles. The van der Waals surface area contributed by atoms with E-state index < -0.39 is 0 Å². The Morgan fingerprint density at radius 1 is 1.00 bits per heavy atom. The number of hydrogen-bond donors (Lipinski definition) is 1. The van der Waals surface area contributed by atoms with Crippen molar-refractivity contribution in [2.45, 2.75) is 32.7 Å². The topological polar surface area (TPSA) is 94.3 Å². The molecule has 0 fully saturated rings. The molecule has 0 atom stereocenters. The summed E-state index contributed by atoms with van der Waals surface area (Å²) in [6.45, 7) is 2.76. The zero-order valence-corrected chi connectivity index (χ0v) is 18.7. The van der Waals surface area contributed by atoms with E-state index in [0.717, 1.165) is 52.9 Å². The van der Waals surface area contributed by atoms with E-state index in [0.29, 0.717) is 17.9 Å². The van der Waals surface area contributed by atoms with E-state index in [-0.39, 0.29) is 5.56 Å². The Morgan fingerprint density at radius 3 is 2.52 bits per heavy atom. The molecule has 0 bridgehead atoms. The van der Waals surface area contributed by atoms with Crippen LogP contribution >= 0.6 is 0 Å². The van der Waals surface area contributed by atoms with E-state index >= 15 is 0 Å². The summed E-state index contributed by atoms with van der Waals surface area (Å²) in [5.41, 5.74) is 5.54. The molecule has 0 unspecified atom stereocenters. The Balaban J connectivity index is 1.51. The molecule has 0 aliphatic rings. The summed E-state index contributed by atoms with van der Waals surface area (Å²) >= 11 is 0. The number of aryl methyl sites for hydroxylation is 2. The molecule has 8 heteroatoms. The quantitative estimate of drug-likeness (QED) is 0.414. The molecular weight excluding hydrogens is 414 g/mol. The van der Waals surface area contributed by atoms with Crippen LogP contribution in [0.3, 0.4) is 0 Å². The maximum absolute atomic E-state index is 12.9. The third-order valence-electron chi connectivity index (χ3n) is 5.93. The number of rotatable bonds is 7. The molecule has 3 heterocycles. The second-order valence-corrected chi connectivity index (χ2v) is 8.16. The Labute approximate surface area is 190 Å². The van der Waals surface area contributed by atoms with Gasteiger partial charge in [0, 0.05) is 31.8 Å². The maximum atomic E-state index is 12.9. The lowest BCUT2D eigenvalue weighted by Gasteiger charge is -2.11. The van der Waals surface area contributed by atoms with E-state index in [9.17, 15) is 4.79 Å². The summed E-state index contributed by atoms with van der Waals surface area (Å²) in [6, 6.07) is 18.3. The largest absolute Gasteiger partial charge is 0.319 e. The zero-order valence-electron chi connectivity index (χ0n) is 18.7. The SMILES string of the molecule is CCCCc1nc2ccn(C)c(=O)c2n1Cc1ccc(-c2ccccc2-c2nn[nH]n2)cc1. The van der Waals surface area contributed by atoms with Crippen molar-refractivity contribution in [2.24, 2.45) is 7.05 Å². The van der Waals surface area contributed by atoms with Crippen LogP contribution in [0, 0.1) is 0 Å². The molecule has 0 radical (unpaired) electrons. The fourth-order valence-electron chi connectivity index (χ4n) is 4.15. The van der Waals surface area contributed by atoms with Gasteiger partial charge in [0.05, 0.1) is 5.52 Å². The highest BCUT2D eigenvalue weighted by atomic mass is 16.1. The molecule has 33 heavy (non-hydrogen) atoms. The molecule has 0 saturated heterocycles. The van der Waals surface area contributed by atoms with Gasteiger partial charge < -0.3 is 9.13 Å². The molecule has 0 spiro atoms. The summed E-state index contributed by atoms with van der Waals surface area (Å²) < 4.78 is 3.69. The number of nitrogens with one attached hydrogen (secondary N) is 1. The van der Waals surface area contributed by atoms with E-state index in [1.807, 2.05) is 24.3 Å². The monoisotopic (exact) mass is 439 g/mol. The molecule has 3 aromatic heterocycles. The number of unbranched alkanes of at least 4 members (excludes halogenated alkanes) is 1. The first-order valence-electron chi connectivity index (χ1n) is 11.1. The number of hydrogen-bond acceptors (Lipinski definition) is 5. The minimum absolute atomic E-state index is 0.0200. The molecule has 0 aliphatic heterocycles. The molecule has 0 amide bonds. The maximum Gasteiger partial charge on any atom is 0.276 e. The molecule has 0 saturated carbocycles. The third-order valence-corrected chi connectivity index (χ3v) is 5.93. The molecule has 8 nitrogen and oxygen atoms in total. The second-order valence-electron chi connectivity index (χ2n) is 8.16. The Kier molecular flexibility index (Phi) is 5.56. The number of H-pyrrole nitrogens is 1. The van der Waals surface area contributed by atoms with Gasteiger partial charge in [-0.05, 0) is 34.4 Å². The van der Waals surface area contributed by atoms with Crippen molar-refractivity contribution in [3.8, 4) is 22.5 Å². The summed E-state index contributed by atoms with van der Waals surface area (Å²) in [4.78, 5) is 17.7. The molecular formula is C25H25N7O. The molecule has 166 valence electrons. The summed E-state index contributed by atoms with van der Waals surface area (Å²) in [5.74, 6) is 1.53. The minimum Gasteiger partial charge on any atom is -0.319 e. The van der Waals surface area contributed by atoms with Gasteiger partial charge in [0.25, 0.3) is 5.56 Å². The average molecular weight is 440 g/mol. The zero-order chi connectivity index (χ0) is 22.8. The van der Waals surface area contributed by atoms with E-state index in [4.69, 9.17) is 4.98 Å². The predicted octanol–water partition coefficient (Wildman–Crippen LogP) is 3.97. The normalized spacial score (nSPS) is 11.3. The van der Waals surface area contributed by atoms with Crippen LogP contribution in [0.4, 0.5) is 0 Å². The number of aromatic nitrogens is 7. The first-order valence-corrected chi connectivity index (χ1v) is 11.1. The lowest BCUT2D eigenvalue weighted by Crippen LogP contribution is -2.19. The van der Waals surface area contributed by atoms with Crippen LogP contribution in [0.15, 0.2) is 65.6 Å². The number of imidazole rings is 1. The first kappa shape index (κ1) is 20.8. The highest BCUT2D eigenvalue weighted by molar-refractivity contribution is 5.80. The van der Waals surface area contributed by atoms with Crippen LogP contribution in [0.2, 0.25) is 0 Å². The molecule has 5 rings (SSSR count). The van der Waals surface area contributed by atoms with Gasteiger partial charge in [-0.1, -0.05) is 61.9 Å². The highest BCUT2D eigenvalue weighted by Gasteiger charge is 2.15. The molecule has 5 aromatic rings. The van der Waals surface area contributed by atoms with Crippen LogP contribution in [-0.4, -0.2) is 34.7 Å². The van der Waals surface area contributed by atoms with Gasteiger partial charge in [-0.2, -0.15) is 5.21 Å². The second kappa shape index (κ2) is 8.82. The minimum atomic E-state index is -0.0200. The van der Waals surface area contributed by atoms with Gasteiger partial charge in [-0.3, -0.25) is 4.79 Å². The van der Waals surface area contributed by atoms with Crippen molar-refractivity contribution in [1.82, 2.24) is 34.7 Å². The van der Waals surface area contributed by atoms with Gasteiger partial charge in [-0.15, -0.1) is 10.2 Å². The van der Waals surface area contributed by atoms with E-state index in [1.54, 1.807) is 17.8 Å². The fourth-order valence-corrected chi connectivity index (χ4v) is 4.15. The lowest BCUT2D eigenvalue weighted by molar-refractivity contribution is 0.687. The Hall–Kier alpha value is -4.07. The van der Waals surface area contributed by atoms with Gasteiger partial charge in [0.2, 0.25) is 5.82 Å². The number of fused-ring (bicyclic) bond motifs is 1. The van der Waals surface area contributed by atoms with Crippen LogP contribution in [0.5, 0.6) is 0 Å². The fraction of sp³-hybridized carbons (Fsp3) is 0.240. The van der Waals surface area contributed by atoms with Crippen LogP contribution < -0.4 is 5.56 Å². The number of benzene rings is 2. The smallest absolute Gasteiger partial charge is 0.276 e. The van der Waals surface area contributed by atoms with Crippen molar-refractivity contribution in [3.05, 3.63) is 82.5 Å². The number of nitrogens with zero attached hydrogens (tertiary/aromatic N) is 6. The average Bonchev–Trinajstić information content (AvgIpc) is 3.50. The van der Waals surface area contributed by atoms with Gasteiger partial charge in [0.1, 0.15) is 11.3 Å². The number of pyridine rings is 1. The lowest BCUT2D eigenvalue weighted by atomic mass is 9.98. The van der Waals surface area contributed by atoms with Crippen molar-refractivity contribution in [1.29, 1.82) is 0 Å². The van der Waals surface area contributed by atoms with Crippen LogP contribution in [-0.2, 0) is 20.0 Å². The summed E-state index contributed by atoms with van der Waals surface area (Å²) in [5, 5.41) is 14.5.